The Kier molecular flexibility index (Phi) is 8.31. The lowest BCUT2D eigenvalue weighted by Crippen LogP contribution is -2.48. The lowest BCUT2D eigenvalue weighted by molar-refractivity contribution is -0.132. The number of nitrogens with one attached hydrogen (secondary N) is 2. The number of carbonyl (C=O) groups is 2. The van der Waals surface area contributed by atoms with Gasteiger partial charge in [0.2, 0.25) is 5.91 Å². The van der Waals surface area contributed by atoms with Crippen LogP contribution in [0.3, 0.4) is 0 Å². The average Bonchev–Trinajstić information content (AvgIpc) is 3.19. The van der Waals surface area contributed by atoms with Crippen LogP contribution >= 0.6 is 35.0 Å². The highest BCUT2D eigenvalue weighted by molar-refractivity contribution is 7.98. The van der Waals surface area contributed by atoms with Crippen molar-refractivity contribution in [2.24, 2.45) is 0 Å². The van der Waals surface area contributed by atoms with Gasteiger partial charge in [-0.05, 0) is 55.2 Å². The zero-order chi connectivity index (χ0) is 21.5. The Morgan fingerprint density at radius 3 is 2.67 bits per heavy atom. The number of halogens is 2. The molecule has 1 saturated heterocycles. The van der Waals surface area contributed by atoms with Gasteiger partial charge in [-0.15, -0.1) is 0 Å². The summed E-state index contributed by atoms with van der Waals surface area (Å²) in [5, 5.41) is 7.08. The monoisotopic (exact) mass is 465 g/mol. The summed E-state index contributed by atoms with van der Waals surface area (Å²) in [6.45, 7) is 1.28. The topological polar surface area (TPSA) is 61.4 Å². The van der Waals surface area contributed by atoms with Gasteiger partial charge in [0.25, 0.3) is 5.91 Å². The van der Waals surface area contributed by atoms with Crippen molar-refractivity contribution in [3.05, 3.63) is 64.1 Å². The Bertz CT molecular complexity index is 882. The van der Waals surface area contributed by atoms with Crippen LogP contribution in [-0.4, -0.2) is 53.9 Å². The Hall–Kier alpha value is -1.89. The Morgan fingerprint density at radius 2 is 1.97 bits per heavy atom. The minimum absolute atomic E-state index is 0.0557. The second kappa shape index (κ2) is 10.9. The van der Waals surface area contributed by atoms with Crippen molar-refractivity contribution in [1.82, 2.24) is 10.2 Å². The van der Waals surface area contributed by atoms with Crippen LogP contribution in [0.15, 0.2) is 48.5 Å². The minimum atomic E-state index is -0.591. The molecule has 2 aromatic rings. The molecule has 0 aromatic heterocycles. The van der Waals surface area contributed by atoms with Crippen LogP contribution in [0.4, 0.5) is 5.69 Å². The first-order chi connectivity index (χ1) is 14.5. The van der Waals surface area contributed by atoms with Crippen molar-refractivity contribution in [3.63, 3.8) is 0 Å². The molecule has 2 unspecified atom stereocenters. The number of amides is 2. The van der Waals surface area contributed by atoms with E-state index in [1.165, 1.54) is 6.07 Å². The Labute approximate surface area is 191 Å². The van der Waals surface area contributed by atoms with Gasteiger partial charge in [-0.25, -0.2) is 0 Å². The molecule has 5 nitrogen and oxygen atoms in total. The predicted octanol–water partition coefficient (Wildman–Crippen LogP) is 4.56. The number of hydrogen-bond acceptors (Lipinski definition) is 4. The molecule has 3 rings (SSSR count). The predicted molar refractivity (Wildman–Crippen MR) is 126 cm³/mol. The highest BCUT2D eigenvalue weighted by atomic mass is 35.5. The maximum atomic E-state index is 13.2. The molecule has 0 aliphatic carbocycles. The number of para-hydroxylation sites is 1. The lowest BCUT2D eigenvalue weighted by atomic mass is 10.1. The number of thioether (sulfide) groups is 1. The van der Waals surface area contributed by atoms with E-state index in [4.69, 9.17) is 23.2 Å². The van der Waals surface area contributed by atoms with Gasteiger partial charge >= 0.3 is 0 Å². The van der Waals surface area contributed by atoms with Crippen LogP contribution in [0.1, 0.15) is 23.2 Å². The molecule has 1 fully saturated rings. The molecule has 0 radical (unpaired) electrons. The van der Waals surface area contributed by atoms with E-state index in [1.807, 2.05) is 41.5 Å². The van der Waals surface area contributed by atoms with E-state index in [0.717, 1.165) is 17.9 Å². The van der Waals surface area contributed by atoms with Crippen LogP contribution < -0.4 is 10.6 Å². The van der Waals surface area contributed by atoms with Gasteiger partial charge in [-0.2, -0.15) is 11.8 Å². The molecule has 2 aromatic carbocycles. The number of nitrogens with zero attached hydrogens (tertiary/aromatic N) is 1. The van der Waals surface area contributed by atoms with Crippen molar-refractivity contribution < 1.29 is 9.59 Å². The smallest absolute Gasteiger partial charge is 0.253 e. The van der Waals surface area contributed by atoms with E-state index in [0.29, 0.717) is 30.1 Å². The summed E-state index contributed by atoms with van der Waals surface area (Å²) >= 11 is 13.7. The summed E-state index contributed by atoms with van der Waals surface area (Å²) in [6.07, 6.45) is 3.41. The van der Waals surface area contributed by atoms with Gasteiger partial charge in [0.05, 0.1) is 10.6 Å². The first-order valence-electron chi connectivity index (χ1n) is 9.83. The molecule has 0 spiro atoms. The maximum absolute atomic E-state index is 13.2. The van der Waals surface area contributed by atoms with Crippen LogP contribution in [0.25, 0.3) is 0 Å². The standard InChI is InChI=1S/C22H25Cl2N3O2S/c1-30-12-10-20(26-21(28)18-8-7-15(23)13-19(18)24)22(29)27-11-9-17(14-27)25-16-5-3-2-4-6-16/h2-8,13,17,20,25H,9-12,14H2,1H3,(H,26,28). The highest BCUT2D eigenvalue weighted by Gasteiger charge is 2.32. The number of benzene rings is 2. The van der Waals surface area contributed by atoms with Crippen LogP contribution in [0.5, 0.6) is 0 Å². The van der Waals surface area contributed by atoms with E-state index < -0.39 is 6.04 Å². The van der Waals surface area contributed by atoms with Crippen molar-refractivity contribution in [2.45, 2.75) is 24.9 Å². The number of likely N-dealkylation sites (tertiary alicyclic amines) is 1. The zero-order valence-electron chi connectivity index (χ0n) is 16.7. The van der Waals surface area contributed by atoms with Crippen molar-refractivity contribution in [3.8, 4) is 0 Å². The van der Waals surface area contributed by atoms with Crippen LogP contribution in [-0.2, 0) is 4.79 Å². The van der Waals surface area contributed by atoms with E-state index >= 15 is 0 Å². The van der Waals surface area contributed by atoms with Gasteiger partial charge in [0.1, 0.15) is 6.04 Å². The van der Waals surface area contributed by atoms with Gasteiger partial charge in [0.15, 0.2) is 0 Å². The summed E-state index contributed by atoms with van der Waals surface area (Å²) < 4.78 is 0. The molecule has 2 amide bonds. The zero-order valence-corrected chi connectivity index (χ0v) is 19.1. The Balaban J connectivity index is 1.64. The number of rotatable bonds is 8. The SMILES string of the molecule is CSCCC(NC(=O)c1ccc(Cl)cc1Cl)C(=O)N1CCC(Nc2ccccc2)C1. The lowest BCUT2D eigenvalue weighted by Gasteiger charge is -2.25. The molecule has 1 aliphatic rings. The van der Waals surface area contributed by atoms with Gasteiger partial charge in [-0.1, -0.05) is 41.4 Å². The van der Waals surface area contributed by atoms with E-state index in [1.54, 1.807) is 23.9 Å². The molecule has 0 saturated carbocycles. The molecule has 8 heteroatoms. The number of carbonyl (C=O) groups excluding carboxylic acids is 2. The summed E-state index contributed by atoms with van der Waals surface area (Å²) in [6, 6.07) is 14.3. The molecular formula is C22H25Cl2N3O2S. The fraction of sp³-hybridized carbons (Fsp3) is 0.364. The largest absolute Gasteiger partial charge is 0.380 e. The number of anilines is 1. The second-order valence-corrected chi connectivity index (χ2v) is 9.04. The third-order valence-corrected chi connectivity index (χ3v) is 6.23. The van der Waals surface area contributed by atoms with Gasteiger partial charge < -0.3 is 15.5 Å². The number of hydrogen-bond donors (Lipinski definition) is 2. The third-order valence-electron chi connectivity index (χ3n) is 5.03. The van der Waals surface area contributed by atoms with Crippen LogP contribution in [0.2, 0.25) is 10.0 Å². The summed E-state index contributed by atoms with van der Waals surface area (Å²) in [7, 11) is 0. The average molecular weight is 466 g/mol. The third kappa shape index (κ3) is 6.06. The van der Waals surface area contributed by atoms with Crippen molar-refractivity contribution >= 4 is 52.5 Å². The first-order valence-corrected chi connectivity index (χ1v) is 12.0. The van der Waals surface area contributed by atoms with E-state index in [2.05, 4.69) is 10.6 Å². The van der Waals surface area contributed by atoms with E-state index in [9.17, 15) is 9.59 Å². The molecule has 0 bridgehead atoms. The fourth-order valence-corrected chi connectivity index (χ4v) is 4.44. The summed E-state index contributed by atoms with van der Waals surface area (Å²) in [4.78, 5) is 27.8. The summed E-state index contributed by atoms with van der Waals surface area (Å²) in [5.74, 6) is 0.346. The highest BCUT2D eigenvalue weighted by Crippen LogP contribution is 2.22. The first kappa shape index (κ1) is 22.8. The minimum Gasteiger partial charge on any atom is -0.380 e. The second-order valence-electron chi connectivity index (χ2n) is 7.21. The molecule has 160 valence electrons. The Morgan fingerprint density at radius 1 is 1.20 bits per heavy atom. The van der Waals surface area contributed by atoms with Crippen molar-refractivity contribution in [2.75, 3.05) is 30.4 Å². The molecule has 1 heterocycles. The molecule has 1 aliphatic heterocycles. The maximum Gasteiger partial charge on any atom is 0.253 e. The fourth-order valence-electron chi connectivity index (χ4n) is 3.47. The molecule has 2 N–H and O–H groups in total. The summed E-state index contributed by atoms with van der Waals surface area (Å²) in [5.41, 5.74) is 1.36. The molecule has 30 heavy (non-hydrogen) atoms. The molecule has 2 atom stereocenters. The van der Waals surface area contributed by atoms with E-state index in [-0.39, 0.29) is 22.9 Å². The van der Waals surface area contributed by atoms with Crippen LogP contribution in [0, 0.1) is 0 Å². The van der Waals surface area contributed by atoms with Gasteiger partial charge in [0, 0.05) is 29.8 Å². The van der Waals surface area contributed by atoms with Crippen molar-refractivity contribution in [1.29, 1.82) is 0 Å². The normalized spacial score (nSPS) is 16.9. The quantitative estimate of drug-likeness (QED) is 0.599. The van der Waals surface area contributed by atoms with Gasteiger partial charge in [-0.3, -0.25) is 9.59 Å². The molecular weight excluding hydrogens is 441 g/mol.